The minimum atomic E-state index is -0.327. The topological polar surface area (TPSA) is 81.7 Å². The highest BCUT2D eigenvalue weighted by Gasteiger charge is 2.18. The third kappa shape index (κ3) is 2.88. The molecule has 0 aliphatic heterocycles. The number of fused-ring (bicyclic) bond motifs is 3. The number of aliphatic hydroxyl groups excluding tert-OH is 1. The molecule has 0 saturated carbocycles. The number of rotatable bonds is 5. The molecule has 0 bridgehead atoms. The van der Waals surface area contributed by atoms with Crippen molar-refractivity contribution in [2.24, 2.45) is 0 Å². The zero-order chi connectivity index (χ0) is 19.0. The highest BCUT2D eigenvalue weighted by molar-refractivity contribution is 5.86. The van der Waals surface area contributed by atoms with Crippen molar-refractivity contribution in [1.29, 1.82) is 0 Å². The van der Waals surface area contributed by atoms with E-state index in [0.29, 0.717) is 22.2 Å². The lowest BCUT2D eigenvalue weighted by molar-refractivity contribution is 0.181. The normalized spacial score (nSPS) is 11.5. The van der Waals surface area contributed by atoms with E-state index in [4.69, 9.17) is 9.84 Å². The van der Waals surface area contributed by atoms with Crippen LogP contribution in [-0.4, -0.2) is 38.0 Å². The molecule has 0 saturated heterocycles. The fraction of sp³-hybridized carbons (Fsp3) is 0.211. The van der Waals surface area contributed by atoms with Crippen molar-refractivity contribution in [3.05, 3.63) is 64.6 Å². The van der Waals surface area contributed by atoms with Gasteiger partial charge in [0.25, 0.3) is 5.56 Å². The summed E-state index contributed by atoms with van der Waals surface area (Å²) in [6.45, 7) is 0.330. The van der Waals surface area contributed by atoms with Gasteiger partial charge in [-0.1, -0.05) is 12.1 Å². The first-order valence-electron chi connectivity index (χ1n) is 8.39. The van der Waals surface area contributed by atoms with E-state index in [0.717, 1.165) is 11.1 Å². The van der Waals surface area contributed by atoms with E-state index in [1.807, 2.05) is 0 Å². The summed E-state index contributed by atoms with van der Waals surface area (Å²) in [6, 6.07) is 7.85. The average molecular weight is 368 g/mol. The molecule has 3 aromatic heterocycles. The van der Waals surface area contributed by atoms with Crippen LogP contribution in [0.1, 0.15) is 5.69 Å². The molecule has 0 amide bonds. The first-order chi connectivity index (χ1) is 13.1. The van der Waals surface area contributed by atoms with Crippen molar-refractivity contribution < 1.29 is 14.2 Å². The fourth-order valence-electron chi connectivity index (χ4n) is 3.19. The minimum absolute atomic E-state index is 0.129. The van der Waals surface area contributed by atoms with Gasteiger partial charge < -0.3 is 14.4 Å². The van der Waals surface area contributed by atoms with Gasteiger partial charge in [0.2, 0.25) is 0 Å². The van der Waals surface area contributed by atoms with Crippen LogP contribution >= 0.6 is 0 Å². The van der Waals surface area contributed by atoms with Crippen LogP contribution in [0.5, 0.6) is 0 Å². The molecular weight excluding hydrogens is 351 g/mol. The monoisotopic (exact) mass is 368 g/mol. The third-order valence-electron chi connectivity index (χ3n) is 4.41. The van der Waals surface area contributed by atoms with Gasteiger partial charge in [-0.15, -0.1) is 0 Å². The number of hydrogen-bond acceptors (Lipinski definition) is 5. The molecule has 0 spiro atoms. The van der Waals surface area contributed by atoms with Gasteiger partial charge in [0.1, 0.15) is 5.82 Å². The lowest BCUT2D eigenvalue weighted by atomic mass is 10.1. The first kappa shape index (κ1) is 17.3. The molecule has 1 N–H and O–H groups in total. The van der Waals surface area contributed by atoms with Crippen molar-refractivity contribution in [1.82, 2.24) is 19.2 Å². The Morgan fingerprint density at radius 2 is 2.00 bits per heavy atom. The van der Waals surface area contributed by atoms with Gasteiger partial charge >= 0.3 is 0 Å². The van der Waals surface area contributed by atoms with E-state index in [1.54, 1.807) is 36.0 Å². The van der Waals surface area contributed by atoms with E-state index in [2.05, 4.69) is 10.1 Å². The van der Waals surface area contributed by atoms with E-state index in [1.165, 1.54) is 22.9 Å². The summed E-state index contributed by atoms with van der Waals surface area (Å²) in [4.78, 5) is 17.0. The second-order valence-electron chi connectivity index (χ2n) is 6.09. The van der Waals surface area contributed by atoms with Crippen LogP contribution in [0.15, 0.2) is 47.5 Å². The predicted octanol–water partition coefficient (Wildman–Crippen LogP) is 1.99. The smallest absolute Gasteiger partial charge is 0.261 e. The summed E-state index contributed by atoms with van der Waals surface area (Å²) < 4.78 is 21.6. The number of methoxy groups -OCH3 is 1. The number of ether oxygens (including phenoxy) is 1. The lowest BCUT2D eigenvalue weighted by Gasteiger charge is -2.06. The largest absolute Gasteiger partial charge is 0.395 e. The Labute approximate surface area is 153 Å². The van der Waals surface area contributed by atoms with Crippen LogP contribution < -0.4 is 5.56 Å². The highest BCUT2D eigenvalue weighted by Crippen LogP contribution is 2.29. The summed E-state index contributed by atoms with van der Waals surface area (Å²) >= 11 is 0. The van der Waals surface area contributed by atoms with Crippen molar-refractivity contribution in [3.63, 3.8) is 0 Å². The van der Waals surface area contributed by atoms with E-state index >= 15 is 0 Å². The fourth-order valence-corrected chi connectivity index (χ4v) is 3.19. The molecule has 8 heteroatoms. The third-order valence-corrected chi connectivity index (χ3v) is 4.41. The second-order valence-corrected chi connectivity index (χ2v) is 6.09. The maximum Gasteiger partial charge on any atom is 0.261 e. The van der Waals surface area contributed by atoms with Gasteiger partial charge in [-0.2, -0.15) is 5.10 Å². The molecule has 0 aliphatic carbocycles. The molecule has 4 rings (SSSR count). The van der Waals surface area contributed by atoms with Gasteiger partial charge in [-0.25, -0.2) is 13.9 Å². The Morgan fingerprint density at radius 3 is 2.70 bits per heavy atom. The first-order valence-corrected chi connectivity index (χ1v) is 8.39. The van der Waals surface area contributed by atoms with Crippen LogP contribution in [0.3, 0.4) is 0 Å². The molecular formula is C19H17FN4O3. The van der Waals surface area contributed by atoms with Crippen molar-refractivity contribution in [3.8, 4) is 11.1 Å². The zero-order valence-corrected chi connectivity index (χ0v) is 14.6. The number of aliphatic hydroxyl groups is 1. The summed E-state index contributed by atoms with van der Waals surface area (Å²) in [6.07, 6.45) is 3.13. The predicted molar refractivity (Wildman–Crippen MR) is 97.9 cm³/mol. The van der Waals surface area contributed by atoms with Crippen LogP contribution in [0, 0.1) is 5.82 Å². The molecule has 4 aromatic rings. The van der Waals surface area contributed by atoms with Gasteiger partial charge in [0, 0.05) is 26.0 Å². The molecule has 0 radical (unpaired) electrons. The van der Waals surface area contributed by atoms with Crippen molar-refractivity contribution >= 4 is 16.6 Å². The molecule has 3 heterocycles. The van der Waals surface area contributed by atoms with Crippen LogP contribution in [0.2, 0.25) is 0 Å². The molecule has 1 aromatic carbocycles. The Hall–Kier alpha value is -3.10. The molecule has 138 valence electrons. The van der Waals surface area contributed by atoms with Crippen molar-refractivity contribution in [2.45, 2.75) is 13.2 Å². The van der Waals surface area contributed by atoms with E-state index in [9.17, 15) is 9.18 Å². The van der Waals surface area contributed by atoms with E-state index < -0.39 is 0 Å². The van der Waals surface area contributed by atoms with Crippen LogP contribution in [0.4, 0.5) is 4.39 Å². The van der Waals surface area contributed by atoms with Crippen LogP contribution in [0.25, 0.3) is 27.7 Å². The molecule has 0 aliphatic rings. The minimum Gasteiger partial charge on any atom is -0.395 e. The Kier molecular flexibility index (Phi) is 4.43. The van der Waals surface area contributed by atoms with E-state index in [-0.39, 0.29) is 31.1 Å². The number of pyridine rings is 1. The Bertz CT molecular complexity index is 1180. The average Bonchev–Trinajstić information content (AvgIpc) is 3.03. The SMILES string of the molecule is COCc1nn2c(ncc3c(=O)n(CCO)ccc32)c1-c1ccc(F)cc1. The number of nitrogens with zero attached hydrogens (tertiary/aromatic N) is 4. The molecule has 27 heavy (non-hydrogen) atoms. The number of benzene rings is 1. The molecule has 7 nitrogen and oxygen atoms in total. The second kappa shape index (κ2) is 6.90. The number of aromatic nitrogens is 4. The highest BCUT2D eigenvalue weighted by atomic mass is 19.1. The Morgan fingerprint density at radius 1 is 1.22 bits per heavy atom. The summed E-state index contributed by atoms with van der Waals surface area (Å²) in [7, 11) is 1.57. The van der Waals surface area contributed by atoms with Gasteiger partial charge in [-0.3, -0.25) is 4.79 Å². The quantitative estimate of drug-likeness (QED) is 0.583. The van der Waals surface area contributed by atoms with Gasteiger partial charge in [0.15, 0.2) is 5.65 Å². The summed E-state index contributed by atoms with van der Waals surface area (Å²) in [5, 5.41) is 14.1. The van der Waals surface area contributed by atoms with Gasteiger partial charge in [-0.05, 0) is 23.8 Å². The molecule has 0 unspecified atom stereocenters. The lowest BCUT2D eigenvalue weighted by Crippen LogP contribution is -2.21. The summed E-state index contributed by atoms with van der Waals surface area (Å²) in [5.41, 5.74) is 3.05. The summed E-state index contributed by atoms with van der Waals surface area (Å²) in [5.74, 6) is -0.327. The maximum absolute atomic E-state index is 13.3. The van der Waals surface area contributed by atoms with Crippen LogP contribution in [-0.2, 0) is 17.9 Å². The van der Waals surface area contributed by atoms with Crippen molar-refractivity contribution in [2.75, 3.05) is 13.7 Å². The molecule has 0 atom stereocenters. The zero-order valence-electron chi connectivity index (χ0n) is 14.6. The number of halogens is 1. The molecule has 0 fully saturated rings. The van der Waals surface area contributed by atoms with Gasteiger partial charge in [0.05, 0.1) is 35.4 Å². The number of hydrogen-bond donors (Lipinski definition) is 1. The maximum atomic E-state index is 13.3. The standard InChI is InChI=1S/C19H17FN4O3/c1-27-11-15-17(12-2-4-13(20)5-3-12)18-21-10-14-16(24(18)22-15)6-7-23(8-9-25)19(14)26/h2-7,10,25H,8-9,11H2,1H3. The Balaban J connectivity index is 2.02.